The van der Waals surface area contributed by atoms with Crippen LogP contribution < -0.4 is 21.1 Å². The SMILES string of the molecule is CC(C)OC(=O)[C@H](C)NP(=O)(OC[C@H]1O[C@@H](n2cnc3c(N)nc(N)nc32)C(Cl)(Cl)[C@@H]1O)Oc1ccccc1. The summed E-state index contributed by atoms with van der Waals surface area (Å²) in [6, 6.07) is 7.10. The van der Waals surface area contributed by atoms with Crippen LogP contribution >= 0.6 is 30.9 Å². The molecule has 1 saturated heterocycles. The number of hydrogen-bond donors (Lipinski definition) is 4. The number of carbonyl (C=O) groups is 1. The zero-order chi connectivity index (χ0) is 28.5. The summed E-state index contributed by atoms with van der Waals surface area (Å²) >= 11 is 13.0. The molecule has 0 aliphatic carbocycles. The first-order valence-electron chi connectivity index (χ1n) is 11.7. The van der Waals surface area contributed by atoms with E-state index in [0.717, 1.165) is 0 Å². The highest BCUT2D eigenvalue weighted by Gasteiger charge is 2.56. The Kier molecular flexibility index (Phi) is 8.57. The molecule has 4 rings (SSSR count). The highest BCUT2D eigenvalue weighted by atomic mass is 35.5. The minimum absolute atomic E-state index is 0.0274. The third-order valence-electron chi connectivity index (χ3n) is 5.53. The van der Waals surface area contributed by atoms with Crippen LogP contribution in [0.3, 0.4) is 0 Å². The highest BCUT2D eigenvalue weighted by molar-refractivity contribution is 7.52. The Hall–Kier alpha value is -2.71. The summed E-state index contributed by atoms with van der Waals surface area (Å²) in [6.07, 6.45) is -3.06. The number of imidazole rings is 1. The average molecular weight is 604 g/mol. The number of esters is 1. The van der Waals surface area contributed by atoms with Crippen molar-refractivity contribution in [2.24, 2.45) is 0 Å². The first kappa shape index (κ1) is 29.3. The normalized spacial score (nSPS) is 23.0. The van der Waals surface area contributed by atoms with Crippen molar-refractivity contribution in [1.29, 1.82) is 0 Å². The number of ether oxygens (including phenoxy) is 2. The van der Waals surface area contributed by atoms with Crippen LogP contribution in [0.25, 0.3) is 11.2 Å². The molecule has 5 atom stereocenters. The Bertz CT molecular complexity index is 1380. The third-order valence-corrected chi connectivity index (χ3v) is 8.00. The van der Waals surface area contributed by atoms with E-state index in [9.17, 15) is 14.5 Å². The topological polar surface area (TPSA) is 199 Å². The number of nitrogens with one attached hydrogen (secondary N) is 1. The fraction of sp³-hybridized carbons (Fsp3) is 0.455. The number of benzene rings is 1. The number of anilines is 2. The molecule has 1 aliphatic rings. The van der Waals surface area contributed by atoms with Gasteiger partial charge in [0.2, 0.25) is 5.95 Å². The molecule has 212 valence electrons. The number of nitrogens with two attached hydrogens (primary N) is 2. The molecule has 1 unspecified atom stereocenters. The summed E-state index contributed by atoms with van der Waals surface area (Å²) < 4.78 is 35.5. The second-order valence-corrected chi connectivity index (χ2v) is 12.1. The molecule has 0 spiro atoms. The summed E-state index contributed by atoms with van der Waals surface area (Å²) in [5.41, 5.74) is 12.0. The van der Waals surface area contributed by atoms with E-state index in [1.54, 1.807) is 44.2 Å². The van der Waals surface area contributed by atoms with Gasteiger partial charge in [-0.1, -0.05) is 41.4 Å². The van der Waals surface area contributed by atoms with Gasteiger partial charge in [0.05, 0.1) is 19.0 Å². The number of aliphatic hydroxyl groups is 1. The number of para-hydroxylation sites is 1. The zero-order valence-corrected chi connectivity index (χ0v) is 23.5. The second-order valence-electron chi connectivity index (χ2n) is 8.97. The van der Waals surface area contributed by atoms with Gasteiger partial charge in [-0.3, -0.25) is 13.9 Å². The number of hydrogen-bond acceptors (Lipinski definition) is 12. The van der Waals surface area contributed by atoms with Crippen LogP contribution in [-0.2, 0) is 23.4 Å². The predicted octanol–water partition coefficient (Wildman–Crippen LogP) is 2.56. The smallest absolute Gasteiger partial charge is 0.459 e. The first-order valence-corrected chi connectivity index (χ1v) is 14.0. The number of fused-ring (bicyclic) bond motifs is 1. The molecule has 0 radical (unpaired) electrons. The van der Waals surface area contributed by atoms with Gasteiger partial charge < -0.3 is 30.6 Å². The number of nitrogens with zero attached hydrogens (tertiary/aromatic N) is 4. The Morgan fingerprint density at radius 3 is 2.62 bits per heavy atom. The number of aromatic nitrogens is 4. The van der Waals surface area contributed by atoms with Crippen LogP contribution in [0.4, 0.5) is 11.8 Å². The molecule has 6 N–H and O–H groups in total. The van der Waals surface area contributed by atoms with Crippen LogP contribution in [0.5, 0.6) is 5.75 Å². The number of aliphatic hydroxyl groups excluding tert-OH is 1. The average Bonchev–Trinajstić information content (AvgIpc) is 3.36. The van der Waals surface area contributed by atoms with Gasteiger partial charge in [-0.05, 0) is 32.9 Å². The molecule has 39 heavy (non-hydrogen) atoms. The zero-order valence-electron chi connectivity index (χ0n) is 21.1. The summed E-state index contributed by atoms with van der Waals surface area (Å²) in [6.45, 7) is 4.30. The Morgan fingerprint density at radius 1 is 1.26 bits per heavy atom. The van der Waals surface area contributed by atoms with Gasteiger partial charge in [-0.2, -0.15) is 15.1 Å². The first-order chi connectivity index (χ1) is 18.3. The molecule has 2 aromatic heterocycles. The second kappa shape index (κ2) is 11.4. The quantitative estimate of drug-likeness (QED) is 0.150. The van der Waals surface area contributed by atoms with E-state index in [2.05, 4.69) is 20.0 Å². The maximum atomic E-state index is 13.7. The predicted molar refractivity (Wildman–Crippen MR) is 143 cm³/mol. The molecule has 0 amide bonds. The van der Waals surface area contributed by atoms with E-state index in [0.29, 0.717) is 0 Å². The monoisotopic (exact) mass is 603 g/mol. The van der Waals surface area contributed by atoms with Gasteiger partial charge in [0.15, 0.2) is 22.0 Å². The van der Waals surface area contributed by atoms with Crippen molar-refractivity contribution in [3.63, 3.8) is 0 Å². The lowest BCUT2D eigenvalue weighted by Gasteiger charge is -2.25. The van der Waals surface area contributed by atoms with Gasteiger partial charge >= 0.3 is 13.7 Å². The van der Waals surface area contributed by atoms with Crippen LogP contribution in [-0.4, -0.2) is 65.9 Å². The van der Waals surface area contributed by atoms with Crippen molar-refractivity contribution >= 4 is 59.8 Å². The molecule has 17 heteroatoms. The summed E-state index contributed by atoms with van der Waals surface area (Å²) in [5, 5.41) is 13.5. The lowest BCUT2D eigenvalue weighted by atomic mass is 10.2. The number of alkyl halides is 2. The van der Waals surface area contributed by atoms with E-state index >= 15 is 0 Å². The van der Waals surface area contributed by atoms with E-state index < -0.39 is 55.2 Å². The van der Waals surface area contributed by atoms with Crippen LogP contribution in [0.2, 0.25) is 0 Å². The molecule has 3 heterocycles. The maximum absolute atomic E-state index is 13.7. The van der Waals surface area contributed by atoms with E-state index in [1.165, 1.54) is 17.8 Å². The van der Waals surface area contributed by atoms with E-state index in [-0.39, 0.29) is 28.7 Å². The molecule has 3 aromatic rings. The Morgan fingerprint density at radius 2 is 1.95 bits per heavy atom. The third kappa shape index (κ3) is 6.38. The van der Waals surface area contributed by atoms with Crippen molar-refractivity contribution in [2.45, 2.75) is 55.7 Å². The lowest BCUT2D eigenvalue weighted by Crippen LogP contribution is -2.39. The highest BCUT2D eigenvalue weighted by Crippen LogP contribution is 2.50. The van der Waals surface area contributed by atoms with Crippen LogP contribution in [0.15, 0.2) is 36.7 Å². The fourth-order valence-electron chi connectivity index (χ4n) is 3.74. The van der Waals surface area contributed by atoms with Crippen molar-refractivity contribution < 1.29 is 33.0 Å². The molecule has 1 aliphatic heterocycles. The molecular formula is C22H28Cl2N7O7P. The number of halogens is 2. The molecular weight excluding hydrogens is 576 g/mol. The van der Waals surface area contributed by atoms with Crippen molar-refractivity contribution in [2.75, 3.05) is 18.1 Å². The molecule has 14 nitrogen and oxygen atoms in total. The van der Waals surface area contributed by atoms with Gasteiger partial charge in [-0.15, -0.1) is 0 Å². The number of nitrogen functional groups attached to an aromatic ring is 2. The van der Waals surface area contributed by atoms with Crippen LogP contribution in [0.1, 0.15) is 27.0 Å². The fourth-order valence-corrected chi connectivity index (χ4v) is 5.84. The van der Waals surface area contributed by atoms with Gasteiger partial charge in [0, 0.05) is 0 Å². The minimum atomic E-state index is -4.25. The van der Waals surface area contributed by atoms with Crippen molar-refractivity contribution in [3.8, 4) is 5.75 Å². The maximum Gasteiger partial charge on any atom is 0.459 e. The molecule has 1 fully saturated rings. The molecule has 0 bridgehead atoms. The van der Waals surface area contributed by atoms with E-state index in [4.69, 9.17) is 53.2 Å². The van der Waals surface area contributed by atoms with Gasteiger partial charge in [-0.25, -0.2) is 9.55 Å². The number of rotatable bonds is 10. The lowest BCUT2D eigenvalue weighted by molar-refractivity contribution is -0.149. The summed E-state index contributed by atoms with van der Waals surface area (Å²) in [7, 11) is -4.25. The standard InChI is InChI=1S/C22H28Cl2N7O7P/c1-11(2)36-19(33)12(3)30-39(34,38-13-7-5-4-6-8-13)35-9-14-16(32)22(23,24)20(37-14)31-10-27-15-17(25)28-21(26)29-18(15)31/h4-8,10-12,14,16,20,32H,9H2,1-3H3,(H,30,34)(H4,25,26,28,29)/t12-,14+,16+,20+,39?/m0/s1. The molecule has 0 saturated carbocycles. The van der Waals surface area contributed by atoms with E-state index in [1.807, 2.05) is 0 Å². The largest absolute Gasteiger partial charge is 0.462 e. The van der Waals surface area contributed by atoms with Crippen molar-refractivity contribution in [3.05, 3.63) is 36.7 Å². The van der Waals surface area contributed by atoms with Gasteiger partial charge in [0.25, 0.3) is 0 Å². The van der Waals surface area contributed by atoms with Crippen molar-refractivity contribution in [1.82, 2.24) is 24.6 Å². The van der Waals surface area contributed by atoms with Gasteiger partial charge in [0.1, 0.15) is 29.5 Å². The summed E-state index contributed by atoms with van der Waals surface area (Å²) in [5.74, 6) is -0.562. The molecule has 1 aromatic carbocycles. The minimum Gasteiger partial charge on any atom is -0.462 e. The Balaban J connectivity index is 1.55. The van der Waals surface area contributed by atoms with Crippen LogP contribution in [0, 0.1) is 0 Å². The Labute approximate surface area is 233 Å². The number of carbonyl (C=O) groups excluding carboxylic acids is 1. The summed E-state index contributed by atoms with van der Waals surface area (Å²) in [4.78, 5) is 24.5.